The van der Waals surface area contributed by atoms with Crippen LogP contribution < -0.4 is 52.3 Å². The summed E-state index contributed by atoms with van der Waals surface area (Å²) in [5.41, 5.74) is 2.70. The van der Waals surface area contributed by atoms with Gasteiger partial charge in [0.05, 0.1) is 60.6 Å². The molecule has 3 saturated carbocycles. The molecule has 0 radical (unpaired) electrons. The number of nitrogens with one attached hydrogen (secondary N) is 8. The van der Waals surface area contributed by atoms with Gasteiger partial charge in [-0.3, -0.25) is 19.6 Å². The molecule has 80 heavy (non-hydrogen) atoms. The van der Waals surface area contributed by atoms with E-state index in [0.717, 1.165) is 0 Å². The molecule has 2 aliphatic heterocycles. The van der Waals surface area contributed by atoms with Gasteiger partial charge in [-0.25, -0.2) is 19.6 Å². The molecule has 10 atom stereocenters. The average Bonchev–Trinajstić information content (AvgIpc) is 4.45. The summed E-state index contributed by atoms with van der Waals surface area (Å²) in [6.07, 6.45) is 8.24. The van der Waals surface area contributed by atoms with E-state index in [-0.39, 0.29) is 49.1 Å². The van der Waals surface area contributed by atoms with Crippen molar-refractivity contribution in [3.8, 4) is 0 Å². The second kappa shape index (κ2) is 23.3. The first-order valence-corrected chi connectivity index (χ1v) is 26.8. The SMILES string of the molecule is O=C(CO)N[C@H]1C[C@@H](n2cnc3c(NC4CCC(Nc5nc(N6CC[C@@H](NC(=O)Nc7cccnc7)C6)nc6c5ncn6[C@@H]5C[C@H](NC(=O)CO)[C@@H](O)[C@H]5O)CC4)nc(N4CC[C@@H](NC(=O)Nc5cccnc5)C4)nc32)[C@H](O)[C@@H]1O. The van der Waals surface area contributed by atoms with Gasteiger partial charge in [0.2, 0.25) is 23.7 Å². The number of urea groups is 2. The van der Waals surface area contributed by atoms with Gasteiger partial charge in [-0.05, 0) is 75.6 Å². The van der Waals surface area contributed by atoms with E-state index in [1.54, 1.807) is 58.2 Å². The average molecular weight is 1110 g/mol. The normalized spacial score (nSPS) is 27.5. The molecule has 424 valence electrons. The van der Waals surface area contributed by atoms with Crippen LogP contribution in [0.5, 0.6) is 0 Å². The Bertz CT molecular complexity index is 2980. The Hall–Kier alpha value is -8.16. The minimum atomic E-state index is -1.33. The quantitative estimate of drug-likeness (QED) is 0.0534. The number of aliphatic hydroxyl groups excluding tert-OH is 6. The number of amides is 6. The minimum Gasteiger partial charge on any atom is -0.388 e. The molecule has 0 spiro atoms. The van der Waals surface area contributed by atoms with Crippen LogP contribution in [0.3, 0.4) is 0 Å². The first-order valence-electron chi connectivity index (χ1n) is 26.8. The zero-order chi connectivity index (χ0) is 55.6. The zero-order valence-electron chi connectivity index (χ0n) is 43.3. The second-order valence-electron chi connectivity index (χ2n) is 21.0. The number of hydrogen-bond donors (Lipinski definition) is 14. The number of imidazole rings is 2. The summed E-state index contributed by atoms with van der Waals surface area (Å²) in [6, 6.07) is 2.28. The van der Waals surface area contributed by atoms with Crippen LogP contribution in [0.1, 0.15) is 63.5 Å². The number of nitrogens with zero attached hydrogens (tertiary/aromatic N) is 12. The van der Waals surface area contributed by atoms with Crippen molar-refractivity contribution in [1.82, 2.24) is 70.3 Å². The Labute approximate surface area is 456 Å². The van der Waals surface area contributed by atoms with Gasteiger partial charge >= 0.3 is 12.1 Å². The van der Waals surface area contributed by atoms with E-state index >= 15 is 0 Å². The van der Waals surface area contributed by atoms with Crippen LogP contribution >= 0.6 is 0 Å². The summed E-state index contributed by atoms with van der Waals surface area (Å²) >= 11 is 0. The molecular formula is C50H64N20O10. The lowest BCUT2D eigenvalue weighted by molar-refractivity contribution is -0.126. The Balaban J connectivity index is 0.821. The van der Waals surface area contributed by atoms with Gasteiger partial charge in [0.1, 0.15) is 37.6 Å². The number of rotatable bonds is 16. The van der Waals surface area contributed by atoms with Crippen LogP contribution in [0.15, 0.2) is 61.7 Å². The van der Waals surface area contributed by atoms with E-state index in [4.69, 9.17) is 29.9 Å². The second-order valence-corrected chi connectivity index (χ2v) is 21.0. The van der Waals surface area contributed by atoms with Gasteiger partial charge in [-0.1, -0.05) is 0 Å². The maximum Gasteiger partial charge on any atom is 0.319 e. The van der Waals surface area contributed by atoms with E-state index in [1.165, 1.54) is 12.7 Å². The molecule has 30 nitrogen and oxygen atoms in total. The van der Waals surface area contributed by atoms with E-state index < -0.39 is 73.6 Å². The first-order chi connectivity index (χ1) is 38.8. The molecule has 5 aliphatic rings. The number of carbonyl (C=O) groups is 4. The van der Waals surface area contributed by atoms with Crippen molar-refractivity contribution in [1.29, 1.82) is 0 Å². The predicted molar refractivity (Wildman–Crippen MR) is 287 cm³/mol. The molecule has 5 fully saturated rings. The third-order valence-electron chi connectivity index (χ3n) is 15.7. The molecular weight excluding hydrogens is 1040 g/mol. The Morgan fingerprint density at radius 3 is 1.35 bits per heavy atom. The highest BCUT2D eigenvalue weighted by atomic mass is 16.3. The van der Waals surface area contributed by atoms with Gasteiger partial charge in [0.25, 0.3) is 0 Å². The van der Waals surface area contributed by atoms with Crippen molar-refractivity contribution in [2.45, 2.75) is 124 Å². The van der Waals surface area contributed by atoms with Gasteiger partial charge in [0, 0.05) is 62.7 Å². The monoisotopic (exact) mass is 1100 g/mol. The van der Waals surface area contributed by atoms with Gasteiger partial charge in [-0.2, -0.15) is 19.9 Å². The molecule has 0 unspecified atom stereocenters. The Morgan fingerprint density at radius 2 is 0.963 bits per heavy atom. The Kier molecular flexibility index (Phi) is 15.7. The summed E-state index contributed by atoms with van der Waals surface area (Å²) in [7, 11) is 0. The van der Waals surface area contributed by atoms with Gasteiger partial charge < -0.3 is 92.1 Å². The molecule has 2 saturated heterocycles. The molecule has 0 aromatic carbocycles. The fourth-order valence-electron chi connectivity index (χ4n) is 11.6. The number of fused-ring (bicyclic) bond motifs is 2. The number of aromatic nitrogens is 10. The van der Waals surface area contributed by atoms with E-state index in [1.807, 2.05) is 9.80 Å². The maximum atomic E-state index is 13.0. The number of carbonyl (C=O) groups excluding carboxylic acids is 4. The van der Waals surface area contributed by atoms with Crippen LogP contribution in [-0.2, 0) is 9.59 Å². The lowest BCUT2D eigenvalue weighted by Gasteiger charge is -2.31. The smallest absolute Gasteiger partial charge is 0.319 e. The van der Waals surface area contributed by atoms with Crippen molar-refractivity contribution < 1.29 is 49.8 Å². The fraction of sp³-hybridized carbons (Fsp3) is 0.520. The largest absolute Gasteiger partial charge is 0.388 e. The molecule has 6 aromatic rings. The molecule has 6 aromatic heterocycles. The summed E-state index contributed by atoms with van der Waals surface area (Å²) < 4.78 is 3.36. The molecule has 11 rings (SSSR count). The van der Waals surface area contributed by atoms with Crippen LogP contribution in [0.2, 0.25) is 0 Å². The topological polar surface area (TPSA) is 405 Å². The van der Waals surface area contributed by atoms with Crippen LogP contribution in [0.25, 0.3) is 22.3 Å². The maximum absolute atomic E-state index is 13.0. The fourth-order valence-corrected chi connectivity index (χ4v) is 11.6. The molecule has 6 amide bonds. The zero-order valence-corrected chi connectivity index (χ0v) is 43.3. The van der Waals surface area contributed by atoms with Crippen molar-refractivity contribution in [2.75, 3.05) is 70.5 Å². The molecule has 14 N–H and O–H groups in total. The van der Waals surface area contributed by atoms with E-state index in [9.17, 15) is 49.8 Å². The Morgan fingerprint density at radius 1 is 0.537 bits per heavy atom. The van der Waals surface area contributed by atoms with Crippen molar-refractivity contribution in [3.05, 3.63) is 61.7 Å². The molecule has 8 heterocycles. The van der Waals surface area contributed by atoms with Gasteiger partial charge in [0.15, 0.2) is 34.0 Å². The summed E-state index contributed by atoms with van der Waals surface area (Å²) in [5, 5.41) is 87.5. The van der Waals surface area contributed by atoms with Crippen LogP contribution in [0, 0.1) is 0 Å². The highest BCUT2D eigenvalue weighted by molar-refractivity contribution is 5.90. The highest BCUT2D eigenvalue weighted by Gasteiger charge is 2.46. The van der Waals surface area contributed by atoms with Crippen molar-refractivity contribution >= 4 is 81.1 Å². The summed E-state index contributed by atoms with van der Waals surface area (Å²) in [5.74, 6) is 0.233. The number of anilines is 6. The van der Waals surface area contributed by atoms with E-state index in [0.29, 0.717) is 122 Å². The first kappa shape index (κ1) is 53.8. The number of pyridine rings is 2. The van der Waals surface area contributed by atoms with E-state index in [2.05, 4.69) is 52.5 Å². The third-order valence-corrected chi connectivity index (χ3v) is 15.7. The highest BCUT2D eigenvalue weighted by Crippen LogP contribution is 2.38. The van der Waals surface area contributed by atoms with Crippen molar-refractivity contribution in [3.63, 3.8) is 0 Å². The number of hydrogen-bond acceptors (Lipinski definition) is 22. The predicted octanol–water partition coefficient (Wildman–Crippen LogP) is -1.32. The summed E-state index contributed by atoms with van der Waals surface area (Å²) in [4.78, 5) is 91.7. The lowest BCUT2D eigenvalue weighted by atomic mass is 9.91. The summed E-state index contributed by atoms with van der Waals surface area (Å²) in [6.45, 7) is 0.241. The molecule has 3 aliphatic carbocycles. The molecule has 0 bridgehead atoms. The lowest BCUT2D eigenvalue weighted by Crippen LogP contribution is -2.44. The van der Waals surface area contributed by atoms with Crippen molar-refractivity contribution in [2.24, 2.45) is 0 Å². The molecule has 30 heteroatoms. The van der Waals surface area contributed by atoms with Gasteiger partial charge in [-0.15, -0.1) is 0 Å². The van der Waals surface area contributed by atoms with Crippen LogP contribution in [-0.4, -0.2) is 204 Å². The number of aliphatic hydroxyl groups is 6. The van der Waals surface area contributed by atoms with Crippen LogP contribution in [0.4, 0.5) is 44.5 Å². The third kappa shape index (κ3) is 11.5. The standard InChI is InChI=1S/C50H64N20O10/c71-21-35(73)61-31-15-33(41(77)39(31)75)69-23-53-37-43(63-47(65-45(37)69)67-13-9-29(19-67)59-49(79)57-27-3-1-11-51-17-27)55-25-5-7-26(8-6-25)56-44-38-46(70(24-54-38)34-16-32(40(76)42(34)78)62-36(74)22-72)66-48(64-44)68-14-10-30(20-68)60-50(80)58-28-4-2-12-52-18-28/h1-4,11-12,17-18,23-26,29-34,39-42,71-72,75-78H,5-10,13-16,19-22H2,(H,61,73)(H,62,74)(H,55,63,65)(H,56,64,66)(H2,57,59,79)(H2,58,60,80)/t25?,26?,29-,30-,31+,32+,33-,34-,39-,40-,41+,42+/m1/s1. The minimum absolute atomic E-state index is 0.0931.